The van der Waals surface area contributed by atoms with Crippen LogP contribution in [-0.2, 0) is 9.59 Å². The zero-order chi connectivity index (χ0) is 15.7. The molecular formula is C17H23N3O2. The van der Waals surface area contributed by atoms with Crippen molar-refractivity contribution in [2.45, 2.75) is 13.3 Å². The summed E-state index contributed by atoms with van der Waals surface area (Å²) in [5.74, 6) is -0.00824. The number of hydrogen-bond acceptors (Lipinski definition) is 3. The normalized spacial score (nSPS) is 23.2. The molecule has 2 fully saturated rings. The number of anilines is 1. The Morgan fingerprint density at radius 3 is 2.59 bits per heavy atom. The monoisotopic (exact) mass is 301 g/mol. The van der Waals surface area contributed by atoms with E-state index in [4.69, 9.17) is 0 Å². The van der Waals surface area contributed by atoms with E-state index in [0.717, 1.165) is 37.4 Å². The van der Waals surface area contributed by atoms with Crippen molar-refractivity contribution in [3.63, 3.8) is 0 Å². The summed E-state index contributed by atoms with van der Waals surface area (Å²) in [4.78, 5) is 30.8. The number of carbonyl (C=O) groups excluding carboxylic acids is 2. The maximum absolute atomic E-state index is 12.6. The van der Waals surface area contributed by atoms with Gasteiger partial charge >= 0.3 is 0 Å². The molecule has 1 atom stereocenters. The molecule has 1 aromatic rings. The van der Waals surface area contributed by atoms with Crippen molar-refractivity contribution in [1.29, 1.82) is 0 Å². The maximum Gasteiger partial charge on any atom is 0.228 e. The molecule has 1 aromatic carbocycles. The molecule has 0 aliphatic carbocycles. The number of hydrogen-bond donors (Lipinski definition) is 0. The third-order valence-corrected chi connectivity index (χ3v) is 4.60. The molecular weight excluding hydrogens is 278 g/mol. The Kier molecular flexibility index (Phi) is 4.16. The first-order valence-electron chi connectivity index (χ1n) is 7.89. The van der Waals surface area contributed by atoms with Crippen LogP contribution in [0.2, 0.25) is 0 Å². The average Bonchev–Trinajstić information content (AvgIpc) is 2.89. The molecule has 22 heavy (non-hydrogen) atoms. The van der Waals surface area contributed by atoms with Crippen molar-refractivity contribution in [3.05, 3.63) is 29.8 Å². The standard InChI is InChI=1S/C17H23N3O2/c1-13-4-3-5-15(10-13)20-12-14(11-16(20)21)17(22)19-8-6-18(2)7-9-19/h3-5,10,14H,6-9,11-12H2,1-2H3/t14-/m1/s1. The van der Waals surface area contributed by atoms with Crippen LogP contribution in [0.25, 0.3) is 0 Å². The summed E-state index contributed by atoms with van der Waals surface area (Å²) >= 11 is 0. The fourth-order valence-electron chi connectivity index (χ4n) is 3.20. The molecule has 0 radical (unpaired) electrons. The van der Waals surface area contributed by atoms with Crippen molar-refractivity contribution in [3.8, 4) is 0 Å². The second-order valence-corrected chi connectivity index (χ2v) is 6.37. The van der Waals surface area contributed by atoms with Crippen LogP contribution < -0.4 is 4.90 Å². The fourth-order valence-corrected chi connectivity index (χ4v) is 3.20. The Bertz CT molecular complexity index is 579. The fraction of sp³-hybridized carbons (Fsp3) is 0.529. The molecule has 0 spiro atoms. The maximum atomic E-state index is 12.6. The van der Waals surface area contributed by atoms with Gasteiger partial charge in [0.2, 0.25) is 11.8 Å². The van der Waals surface area contributed by atoms with Crippen LogP contribution in [0.3, 0.4) is 0 Å². The molecule has 0 saturated carbocycles. The van der Waals surface area contributed by atoms with Gasteiger partial charge in [-0.3, -0.25) is 9.59 Å². The molecule has 5 nitrogen and oxygen atoms in total. The SMILES string of the molecule is Cc1cccc(N2C[C@H](C(=O)N3CCN(C)CC3)CC2=O)c1. The first kappa shape index (κ1) is 15.0. The summed E-state index contributed by atoms with van der Waals surface area (Å²) in [5, 5.41) is 0. The highest BCUT2D eigenvalue weighted by atomic mass is 16.2. The van der Waals surface area contributed by atoms with E-state index in [-0.39, 0.29) is 17.7 Å². The van der Waals surface area contributed by atoms with Crippen LogP contribution in [0.5, 0.6) is 0 Å². The molecule has 0 aromatic heterocycles. The molecule has 2 amide bonds. The molecule has 2 heterocycles. The second kappa shape index (κ2) is 6.08. The van der Waals surface area contributed by atoms with Crippen LogP contribution >= 0.6 is 0 Å². The minimum absolute atomic E-state index is 0.0538. The van der Waals surface area contributed by atoms with Crippen LogP contribution in [0.1, 0.15) is 12.0 Å². The predicted octanol–water partition coefficient (Wildman–Crippen LogP) is 1.12. The van der Waals surface area contributed by atoms with E-state index in [9.17, 15) is 9.59 Å². The first-order valence-corrected chi connectivity index (χ1v) is 7.89. The number of aryl methyl sites for hydroxylation is 1. The van der Waals surface area contributed by atoms with Crippen LogP contribution in [-0.4, -0.2) is 61.4 Å². The lowest BCUT2D eigenvalue weighted by molar-refractivity contribution is -0.137. The topological polar surface area (TPSA) is 43.9 Å². The lowest BCUT2D eigenvalue weighted by Gasteiger charge is -2.33. The predicted molar refractivity (Wildman–Crippen MR) is 85.7 cm³/mol. The van der Waals surface area contributed by atoms with E-state index in [2.05, 4.69) is 11.9 Å². The molecule has 3 rings (SSSR count). The van der Waals surface area contributed by atoms with Crippen molar-refractivity contribution >= 4 is 17.5 Å². The lowest BCUT2D eigenvalue weighted by Crippen LogP contribution is -2.49. The van der Waals surface area contributed by atoms with Gasteiger partial charge in [-0.15, -0.1) is 0 Å². The largest absolute Gasteiger partial charge is 0.340 e. The van der Waals surface area contributed by atoms with E-state index in [0.29, 0.717) is 13.0 Å². The molecule has 0 bridgehead atoms. The Hall–Kier alpha value is -1.88. The molecule has 2 aliphatic rings. The van der Waals surface area contributed by atoms with Gasteiger partial charge in [-0.2, -0.15) is 0 Å². The van der Waals surface area contributed by atoms with Gasteiger partial charge in [0.25, 0.3) is 0 Å². The van der Waals surface area contributed by atoms with Crippen LogP contribution in [0.4, 0.5) is 5.69 Å². The van der Waals surface area contributed by atoms with Gasteiger partial charge in [-0.25, -0.2) is 0 Å². The van der Waals surface area contributed by atoms with Crippen LogP contribution in [0.15, 0.2) is 24.3 Å². The smallest absolute Gasteiger partial charge is 0.228 e. The number of benzene rings is 1. The van der Waals surface area contributed by atoms with Crippen molar-refractivity contribution < 1.29 is 9.59 Å². The summed E-state index contributed by atoms with van der Waals surface area (Å²) in [6, 6.07) is 7.90. The number of likely N-dealkylation sites (N-methyl/N-ethyl adjacent to an activating group) is 1. The first-order chi connectivity index (χ1) is 10.5. The van der Waals surface area contributed by atoms with Gasteiger partial charge in [0, 0.05) is 44.8 Å². The summed E-state index contributed by atoms with van der Waals surface area (Å²) in [6.45, 7) is 5.88. The van der Waals surface area contributed by atoms with Gasteiger partial charge in [0.1, 0.15) is 0 Å². The number of amides is 2. The van der Waals surface area contributed by atoms with Crippen molar-refractivity contribution in [1.82, 2.24) is 9.80 Å². The number of piperazine rings is 1. The van der Waals surface area contributed by atoms with E-state index < -0.39 is 0 Å². The van der Waals surface area contributed by atoms with Gasteiger partial charge in [0.05, 0.1) is 5.92 Å². The number of rotatable bonds is 2. The van der Waals surface area contributed by atoms with Gasteiger partial charge in [-0.1, -0.05) is 12.1 Å². The summed E-state index contributed by atoms with van der Waals surface area (Å²) in [5.41, 5.74) is 2.03. The van der Waals surface area contributed by atoms with E-state index in [1.807, 2.05) is 36.1 Å². The molecule has 0 N–H and O–H groups in total. The Labute approximate surface area is 131 Å². The minimum Gasteiger partial charge on any atom is -0.340 e. The van der Waals surface area contributed by atoms with E-state index >= 15 is 0 Å². The highest BCUT2D eigenvalue weighted by molar-refractivity contribution is 6.00. The zero-order valence-corrected chi connectivity index (χ0v) is 13.3. The van der Waals surface area contributed by atoms with Crippen LogP contribution in [0, 0.1) is 12.8 Å². The third-order valence-electron chi connectivity index (χ3n) is 4.60. The summed E-state index contributed by atoms with van der Waals surface area (Å²) in [7, 11) is 2.07. The Morgan fingerprint density at radius 2 is 1.91 bits per heavy atom. The van der Waals surface area contributed by atoms with E-state index in [1.165, 1.54) is 0 Å². The zero-order valence-electron chi connectivity index (χ0n) is 13.3. The summed E-state index contributed by atoms with van der Waals surface area (Å²) in [6.07, 6.45) is 0.332. The van der Waals surface area contributed by atoms with Gasteiger partial charge in [0.15, 0.2) is 0 Å². The quantitative estimate of drug-likeness (QED) is 0.822. The molecule has 0 unspecified atom stereocenters. The Balaban J connectivity index is 1.68. The number of carbonyl (C=O) groups is 2. The number of nitrogens with zero attached hydrogens (tertiary/aromatic N) is 3. The third kappa shape index (κ3) is 2.99. The minimum atomic E-state index is -0.198. The summed E-state index contributed by atoms with van der Waals surface area (Å²) < 4.78 is 0. The highest BCUT2D eigenvalue weighted by Crippen LogP contribution is 2.27. The molecule has 2 aliphatic heterocycles. The lowest BCUT2D eigenvalue weighted by atomic mass is 10.1. The average molecular weight is 301 g/mol. The van der Waals surface area contributed by atoms with Crippen molar-refractivity contribution in [2.75, 3.05) is 44.7 Å². The molecule has 5 heteroatoms. The van der Waals surface area contributed by atoms with Gasteiger partial charge < -0.3 is 14.7 Å². The van der Waals surface area contributed by atoms with E-state index in [1.54, 1.807) is 4.90 Å². The Morgan fingerprint density at radius 1 is 1.18 bits per heavy atom. The highest BCUT2D eigenvalue weighted by Gasteiger charge is 2.37. The van der Waals surface area contributed by atoms with Crippen molar-refractivity contribution in [2.24, 2.45) is 5.92 Å². The second-order valence-electron chi connectivity index (χ2n) is 6.37. The molecule has 2 saturated heterocycles. The molecule has 118 valence electrons. The van der Waals surface area contributed by atoms with Gasteiger partial charge in [-0.05, 0) is 31.7 Å².